The van der Waals surface area contributed by atoms with Crippen LogP contribution < -0.4 is 11.1 Å². The molecule has 2 aromatic rings. The number of rotatable bonds is 6. The Balaban J connectivity index is 1.67. The summed E-state index contributed by atoms with van der Waals surface area (Å²) in [5.41, 5.74) is 7.77. The number of halogens is 1. The van der Waals surface area contributed by atoms with Gasteiger partial charge in [-0.2, -0.15) is 10.4 Å². The van der Waals surface area contributed by atoms with Crippen molar-refractivity contribution in [1.82, 2.24) is 20.0 Å². The Bertz CT molecular complexity index is 911. The van der Waals surface area contributed by atoms with E-state index in [4.69, 9.17) is 10.7 Å². The molecule has 1 aliphatic heterocycles. The zero-order valence-corrected chi connectivity index (χ0v) is 17.7. The smallest absolute Gasteiger partial charge is 0.193 e. The lowest BCUT2D eigenvalue weighted by atomic mass is 10.0. The van der Waals surface area contributed by atoms with Crippen molar-refractivity contribution in [3.8, 4) is 11.8 Å². The maximum atomic E-state index is 13.2. The van der Waals surface area contributed by atoms with Gasteiger partial charge in [0, 0.05) is 26.2 Å². The Kier molecular flexibility index (Phi) is 7.28. The Hall–Kier alpha value is -3.08. The van der Waals surface area contributed by atoms with Gasteiger partial charge in [-0.3, -0.25) is 4.99 Å². The van der Waals surface area contributed by atoms with E-state index in [2.05, 4.69) is 35.2 Å². The molecule has 0 bridgehead atoms. The zero-order valence-electron chi connectivity index (χ0n) is 17.7. The van der Waals surface area contributed by atoms with E-state index in [1.54, 1.807) is 12.1 Å². The second-order valence-electron chi connectivity index (χ2n) is 7.74. The van der Waals surface area contributed by atoms with Crippen LogP contribution in [0.2, 0.25) is 0 Å². The topological polar surface area (TPSA) is 95.3 Å². The molecule has 0 amide bonds. The number of likely N-dealkylation sites (tertiary alicyclic amines) is 1. The van der Waals surface area contributed by atoms with E-state index in [1.165, 1.54) is 29.7 Å². The number of aliphatic imine (C=N–C) groups is 1. The van der Waals surface area contributed by atoms with Gasteiger partial charge in [-0.25, -0.2) is 9.07 Å². The van der Waals surface area contributed by atoms with Crippen molar-refractivity contribution in [2.45, 2.75) is 39.5 Å². The number of guanidine groups is 1. The summed E-state index contributed by atoms with van der Waals surface area (Å²) in [6, 6.07) is 8.04. The number of anilines is 1. The summed E-state index contributed by atoms with van der Waals surface area (Å²) in [6.45, 7) is 7.90. The maximum absolute atomic E-state index is 13.2. The van der Waals surface area contributed by atoms with Crippen LogP contribution in [0.4, 0.5) is 10.2 Å². The fourth-order valence-corrected chi connectivity index (χ4v) is 3.79. The summed E-state index contributed by atoms with van der Waals surface area (Å²) in [6.07, 6.45) is 3.82. The molecule has 30 heavy (non-hydrogen) atoms. The highest BCUT2D eigenvalue weighted by atomic mass is 19.1. The van der Waals surface area contributed by atoms with Gasteiger partial charge in [-0.05, 0) is 62.8 Å². The van der Waals surface area contributed by atoms with E-state index in [0.29, 0.717) is 35.8 Å². The highest BCUT2D eigenvalue weighted by molar-refractivity contribution is 5.80. The number of aromatic nitrogens is 2. The summed E-state index contributed by atoms with van der Waals surface area (Å²) >= 11 is 0. The number of hydrogen-bond donors (Lipinski definition) is 2. The van der Waals surface area contributed by atoms with Crippen molar-refractivity contribution in [1.29, 1.82) is 5.26 Å². The Morgan fingerprint density at radius 2 is 2.17 bits per heavy atom. The Labute approximate surface area is 177 Å². The molecule has 1 saturated heterocycles. The largest absolute Gasteiger partial charge is 0.382 e. The van der Waals surface area contributed by atoms with Crippen molar-refractivity contribution in [3.63, 3.8) is 0 Å². The van der Waals surface area contributed by atoms with Crippen LogP contribution >= 0.6 is 0 Å². The molecule has 1 atom stereocenters. The number of nitrogens with zero attached hydrogens (tertiary/aromatic N) is 5. The minimum atomic E-state index is -0.331. The number of piperidine rings is 1. The molecule has 7 nitrogen and oxygen atoms in total. The molecule has 1 aromatic heterocycles. The Morgan fingerprint density at radius 3 is 2.83 bits per heavy atom. The first-order valence-electron chi connectivity index (χ1n) is 10.6. The summed E-state index contributed by atoms with van der Waals surface area (Å²) in [7, 11) is 0. The number of nitrogen functional groups attached to an aromatic ring is 1. The molecule has 1 aliphatic rings. The van der Waals surface area contributed by atoms with Crippen molar-refractivity contribution in [3.05, 3.63) is 41.3 Å². The third-order valence-electron chi connectivity index (χ3n) is 5.30. The minimum Gasteiger partial charge on any atom is -0.382 e. The fraction of sp³-hybridized carbons (Fsp3) is 0.500. The summed E-state index contributed by atoms with van der Waals surface area (Å²) in [4.78, 5) is 7.11. The van der Waals surface area contributed by atoms with Crippen LogP contribution in [0.5, 0.6) is 0 Å². The van der Waals surface area contributed by atoms with Gasteiger partial charge in [0.1, 0.15) is 23.3 Å². The second kappa shape index (κ2) is 10.1. The minimum absolute atomic E-state index is 0.276. The average Bonchev–Trinajstić information content (AvgIpc) is 3.06. The van der Waals surface area contributed by atoms with Crippen LogP contribution in [0, 0.1) is 23.1 Å². The van der Waals surface area contributed by atoms with Crippen molar-refractivity contribution >= 4 is 11.8 Å². The first kappa shape index (κ1) is 21.6. The molecule has 8 heteroatoms. The molecule has 1 fully saturated rings. The highest BCUT2D eigenvalue weighted by Crippen LogP contribution is 2.22. The lowest BCUT2D eigenvalue weighted by Gasteiger charge is -2.33. The van der Waals surface area contributed by atoms with E-state index >= 15 is 0 Å². The van der Waals surface area contributed by atoms with Crippen LogP contribution in [0.15, 0.2) is 29.3 Å². The van der Waals surface area contributed by atoms with Gasteiger partial charge >= 0.3 is 0 Å². The van der Waals surface area contributed by atoms with E-state index in [9.17, 15) is 9.65 Å². The zero-order chi connectivity index (χ0) is 21.5. The normalized spacial score (nSPS) is 17.1. The quantitative estimate of drug-likeness (QED) is 0.433. The first-order valence-corrected chi connectivity index (χ1v) is 10.6. The predicted molar refractivity (Wildman–Crippen MR) is 117 cm³/mol. The molecule has 0 spiro atoms. The second-order valence-corrected chi connectivity index (χ2v) is 7.74. The molecule has 0 radical (unpaired) electrons. The monoisotopic (exact) mass is 411 g/mol. The first-order chi connectivity index (χ1) is 14.5. The molecule has 0 saturated carbocycles. The van der Waals surface area contributed by atoms with Crippen LogP contribution in [0.3, 0.4) is 0 Å². The number of aryl methyl sites for hydroxylation is 1. The number of nitriles is 1. The van der Waals surface area contributed by atoms with Crippen LogP contribution in [0.25, 0.3) is 5.69 Å². The third-order valence-corrected chi connectivity index (χ3v) is 5.30. The van der Waals surface area contributed by atoms with Crippen molar-refractivity contribution in [2.24, 2.45) is 10.9 Å². The molecule has 1 unspecified atom stereocenters. The number of nitrogens with one attached hydrogen (secondary N) is 1. The molecule has 0 aliphatic carbocycles. The van der Waals surface area contributed by atoms with Gasteiger partial charge in [0.15, 0.2) is 5.96 Å². The van der Waals surface area contributed by atoms with Gasteiger partial charge in [0.05, 0.1) is 11.4 Å². The van der Waals surface area contributed by atoms with Crippen LogP contribution in [0.1, 0.15) is 44.4 Å². The molecular formula is C22H30FN7. The lowest BCUT2D eigenvalue weighted by molar-refractivity contribution is 0.266. The summed E-state index contributed by atoms with van der Waals surface area (Å²) in [5, 5.41) is 17.4. The highest BCUT2D eigenvalue weighted by Gasteiger charge is 2.19. The molecule has 3 rings (SSSR count). The molecular weight excluding hydrogens is 381 g/mol. The average molecular weight is 412 g/mol. The number of hydrogen-bond acceptors (Lipinski definition) is 4. The van der Waals surface area contributed by atoms with E-state index in [1.807, 2.05) is 0 Å². The van der Waals surface area contributed by atoms with Crippen molar-refractivity contribution < 1.29 is 4.39 Å². The van der Waals surface area contributed by atoms with Gasteiger partial charge in [0.25, 0.3) is 0 Å². The van der Waals surface area contributed by atoms with Crippen molar-refractivity contribution in [2.75, 3.05) is 31.9 Å². The lowest BCUT2D eigenvalue weighted by Crippen LogP contribution is -2.46. The summed E-state index contributed by atoms with van der Waals surface area (Å²) < 4.78 is 14.7. The Morgan fingerprint density at radius 1 is 1.40 bits per heavy atom. The van der Waals surface area contributed by atoms with E-state index in [0.717, 1.165) is 32.0 Å². The maximum Gasteiger partial charge on any atom is 0.193 e. The number of benzene rings is 1. The van der Waals surface area contributed by atoms with Gasteiger partial charge < -0.3 is 16.0 Å². The van der Waals surface area contributed by atoms with Gasteiger partial charge in [-0.15, -0.1) is 0 Å². The van der Waals surface area contributed by atoms with Crippen LogP contribution in [-0.2, 0) is 6.42 Å². The summed E-state index contributed by atoms with van der Waals surface area (Å²) in [5.74, 6) is 1.58. The van der Waals surface area contributed by atoms with Gasteiger partial charge in [-0.1, -0.05) is 6.92 Å². The van der Waals surface area contributed by atoms with Gasteiger partial charge in [0.2, 0.25) is 0 Å². The fourth-order valence-electron chi connectivity index (χ4n) is 3.79. The SMILES string of the molecule is CCNC(=NCCCc1nn(-c2ccc(F)cc2)c(N)c1C#N)N1CCCC(C)C1. The number of nitrogens with two attached hydrogens (primary N) is 1. The van der Waals surface area contributed by atoms with Crippen LogP contribution in [-0.4, -0.2) is 46.8 Å². The molecule has 1 aromatic carbocycles. The van der Waals surface area contributed by atoms with E-state index in [-0.39, 0.29) is 11.6 Å². The molecule has 160 valence electrons. The standard InChI is InChI=1S/C22H30FN7/c1-3-26-22(29-13-5-6-16(2)15-29)27-12-4-7-20-19(14-24)21(25)30(28-20)18-10-8-17(23)9-11-18/h8-11,16H,3-7,12-13,15,25H2,1-2H3,(H,26,27). The molecule has 3 N–H and O–H groups in total. The van der Waals surface area contributed by atoms with E-state index < -0.39 is 0 Å². The third kappa shape index (κ3) is 5.09. The molecule has 2 heterocycles. The predicted octanol–water partition coefficient (Wildman–Crippen LogP) is 3.10.